The van der Waals surface area contributed by atoms with E-state index in [1.165, 1.54) is 7.11 Å². The van der Waals surface area contributed by atoms with Crippen LogP contribution in [0.1, 0.15) is 11.1 Å². The summed E-state index contributed by atoms with van der Waals surface area (Å²) >= 11 is 22.8. The highest BCUT2D eigenvalue weighted by Crippen LogP contribution is 2.40. The molecule has 11 heteroatoms. The predicted molar refractivity (Wildman–Crippen MR) is 108 cm³/mol. The van der Waals surface area contributed by atoms with E-state index in [9.17, 15) is 4.79 Å². The van der Waals surface area contributed by atoms with Crippen molar-refractivity contribution in [3.8, 4) is 12.1 Å². The Kier molecular flexibility index (Phi) is 7.33. The summed E-state index contributed by atoms with van der Waals surface area (Å²) in [5, 5.41) is 19.7. The molecule has 0 radical (unpaired) electrons. The van der Waals surface area contributed by atoms with Gasteiger partial charge in [-0.2, -0.15) is 10.5 Å². The SMILES string of the molecule is COC(=O)Nc1nc2ccccc2[nH]1.N#Cc1c(Cl)c(Cl)c(Cl)c(C#N)c1Cl. The van der Waals surface area contributed by atoms with E-state index in [0.29, 0.717) is 5.95 Å². The Morgan fingerprint density at radius 2 is 1.61 bits per heavy atom. The predicted octanol–water partition coefficient (Wildman–Crippen LogP) is 5.78. The minimum atomic E-state index is -0.538. The maximum atomic E-state index is 10.9. The third-order valence-corrected chi connectivity index (χ3v) is 4.99. The maximum Gasteiger partial charge on any atom is 0.413 e. The molecule has 0 atom stereocenters. The molecule has 1 aromatic heterocycles. The quantitative estimate of drug-likeness (QED) is 0.355. The number of aromatic nitrogens is 2. The van der Waals surface area contributed by atoms with E-state index in [1.54, 1.807) is 12.1 Å². The minimum Gasteiger partial charge on any atom is -0.453 e. The van der Waals surface area contributed by atoms with Crippen molar-refractivity contribution in [3.63, 3.8) is 0 Å². The Labute approximate surface area is 179 Å². The van der Waals surface area contributed by atoms with Crippen LogP contribution in [0.3, 0.4) is 0 Å². The summed E-state index contributed by atoms with van der Waals surface area (Å²) in [5.41, 5.74) is 1.59. The molecule has 0 aliphatic heterocycles. The Morgan fingerprint density at radius 1 is 1.04 bits per heavy atom. The molecular formula is C17H9Cl4N5O2. The molecule has 0 spiro atoms. The number of rotatable bonds is 1. The lowest BCUT2D eigenvalue weighted by Gasteiger charge is -2.05. The van der Waals surface area contributed by atoms with Gasteiger partial charge >= 0.3 is 6.09 Å². The molecule has 0 saturated heterocycles. The van der Waals surface area contributed by atoms with Crippen LogP contribution in [0.2, 0.25) is 20.1 Å². The van der Waals surface area contributed by atoms with E-state index in [4.69, 9.17) is 56.9 Å². The number of nitrogens with zero attached hydrogens (tertiary/aromatic N) is 3. The van der Waals surface area contributed by atoms with E-state index in [2.05, 4.69) is 20.0 Å². The number of H-pyrrole nitrogens is 1. The number of imidazole rings is 1. The number of fused-ring (bicyclic) bond motifs is 1. The lowest BCUT2D eigenvalue weighted by Crippen LogP contribution is -2.11. The van der Waals surface area contributed by atoms with Crippen LogP contribution in [0.4, 0.5) is 10.7 Å². The Balaban J connectivity index is 0.000000200. The molecule has 0 unspecified atom stereocenters. The molecule has 0 aliphatic carbocycles. The smallest absolute Gasteiger partial charge is 0.413 e. The van der Waals surface area contributed by atoms with Crippen LogP contribution in [0.25, 0.3) is 11.0 Å². The molecule has 3 rings (SSSR count). The van der Waals surface area contributed by atoms with Crippen molar-refractivity contribution in [2.75, 3.05) is 12.4 Å². The number of hydrogen-bond acceptors (Lipinski definition) is 5. The van der Waals surface area contributed by atoms with Crippen LogP contribution < -0.4 is 5.32 Å². The Bertz CT molecular complexity index is 1060. The first-order valence-electron chi connectivity index (χ1n) is 7.29. The van der Waals surface area contributed by atoms with E-state index >= 15 is 0 Å². The maximum absolute atomic E-state index is 10.9. The number of hydrogen-bond donors (Lipinski definition) is 2. The standard InChI is InChI=1S/C9H9N3O2.C8Cl4N2/c1-14-9(13)12-8-10-6-4-2-3-5-7(6)11-8;9-5-3(1-13)6(10)8(12)7(11)4(5)2-14/h2-5H,1H3,(H2,10,11,12,13);. The summed E-state index contributed by atoms with van der Waals surface area (Å²) in [7, 11) is 1.30. The molecule has 2 N–H and O–H groups in total. The zero-order chi connectivity index (χ0) is 20.8. The van der Waals surface area contributed by atoms with E-state index in [-0.39, 0.29) is 31.2 Å². The van der Waals surface area contributed by atoms with Crippen LogP contribution in [-0.4, -0.2) is 23.2 Å². The lowest BCUT2D eigenvalue weighted by molar-refractivity contribution is 0.186. The van der Waals surface area contributed by atoms with Crippen LogP contribution in [0.15, 0.2) is 24.3 Å². The van der Waals surface area contributed by atoms with Gasteiger partial charge in [0.25, 0.3) is 0 Å². The van der Waals surface area contributed by atoms with E-state index in [1.807, 2.05) is 24.3 Å². The molecule has 3 aromatic rings. The van der Waals surface area contributed by atoms with Gasteiger partial charge in [-0.1, -0.05) is 58.5 Å². The highest BCUT2D eigenvalue weighted by Gasteiger charge is 2.19. The number of nitriles is 2. The summed E-state index contributed by atoms with van der Waals surface area (Å²) < 4.78 is 4.44. The van der Waals surface area contributed by atoms with Gasteiger partial charge in [0.2, 0.25) is 5.95 Å². The van der Waals surface area contributed by atoms with Crippen molar-refractivity contribution in [2.24, 2.45) is 0 Å². The number of ether oxygens (including phenoxy) is 1. The van der Waals surface area contributed by atoms with Gasteiger partial charge in [0.05, 0.1) is 49.4 Å². The molecule has 0 saturated carbocycles. The van der Waals surface area contributed by atoms with Gasteiger partial charge in [-0.3, -0.25) is 5.32 Å². The second-order valence-corrected chi connectivity index (χ2v) is 6.46. The van der Waals surface area contributed by atoms with Gasteiger partial charge in [-0.05, 0) is 12.1 Å². The molecule has 0 aliphatic rings. The van der Waals surface area contributed by atoms with Gasteiger partial charge in [-0.15, -0.1) is 0 Å². The summed E-state index contributed by atoms with van der Waals surface area (Å²) in [6, 6.07) is 11.0. The lowest BCUT2D eigenvalue weighted by atomic mass is 10.1. The molecule has 2 aromatic carbocycles. The van der Waals surface area contributed by atoms with E-state index < -0.39 is 6.09 Å². The van der Waals surface area contributed by atoms with Crippen molar-refractivity contribution in [2.45, 2.75) is 0 Å². The molecule has 28 heavy (non-hydrogen) atoms. The second-order valence-electron chi connectivity index (χ2n) is 4.95. The van der Waals surface area contributed by atoms with Gasteiger partial charge in [0.1, 0.15) is 12.1 Å². The monoisotopic (exact) mass is 455 g/mol. The average molecular weight is 457 g/mol. The van der Waals surface area contributed by atoms with Gasteiger partial charge in [0, 0.05) is 0 Å². The fraction of sp³-hybridized carbons (Fsp3) is 0.0588. The van der Waals surface area contributed by atoms with Crippen molar-refractivity contribution < 1.29 is 9.53 Å². The number of nitrogens with one attached hydrogen (secondary N) is 2. The molecule has 0 bridgehead atoms. The number of para-hydroxylation sites is 2. The highest BCUT2D eigenvalue weighted by atomic mass is 35.5. The van der Waals surface area contributed by atoms with Crippen LogP contribution >= 0.6 is 46.4 Å². The fourth-order valence-corrected chi connectivity index (χ4v) is 3.06. The molecule has 1 amide bonds. The first kappa shape index (κ1) is 21.6. The van der Waals surface area contributed by atoms with Crippen molar-refractivity contribution in [3.05, 3.63) is 55.5 Å². The zero-order valence-electron chi connectivity index (χ0n) is 14.0. The number of benzene rings is 2. The zero-order valence-corrected chi connectivity index (χ0v) is 17.0. The van der Waals surface area contributed by atoms with Crippen LogP contribution in [-0.2, 0) is 4.74 Å². The van der Waals surface area contributed by atoms with Crippen molar-refractivity contribution in [1.82, 2.24) is 9.97 Å². The number of amides is 1. The fourth-order valence-electron chi connectivity index (χ4n) is 1.99. The number of anilines is 1. The molecule has 1 heterocycles. The average Bonchev–Trinajstić information content (AvgIpc) is 3.10. The summed E-state index contributed by atoms with van der Waals surface area (Å²) in [6.07, 6.45) is -0.538. The highest BCUT2D eigenvalue weighted by molar-refractivity contribution is 6.50. The summed E-state index contributed by atoms with van der Waals surface area (Å²) in [5.74, 6) is 0.387. The first-order valence-corrected chi connectivity index (χ1v) is 8.81. The third kappa shape index (κ3) is 4.59. The summed E-state index contributed by atoms with van der Waals surface area (Å²) in [6.45, 7) is 0. The molecule has 142 valence electrons. The molecule has 7 nitrogen and oxygen atoms in total. The summed E-state index contributed by atoms with van der Waals surface area (Å²) in [4.78, 5) is 17.9. The van der Waals surface area contributed by atoms with Crippen molar-refractivity contribution >= 4 is 69.5 Å². The first-order chi connectivity index (χ1) is 13.3. The molecular weight excluding hydrogens is 448 g/mol. The topological polar surface area (TPSA) is 115 Å². The largest absolute Gasteiger partial charge is 0.453 e. The Hall–Kier alpha value is -2.68. The van der Waals surface area contributed by atoms with Gasteiger partial charge < -0.3 is 9.72 Å². The van der Waals surface area contributed by atoms with Crippen molar-refractivity contribution in [1.29, 1.82) is 10.5 Å². The number of aromatic amines is 1. The van der Waals surface area contributed by atoms with Crippen LogP contribution in [0.5, 0.6) is 0 Å². The van der Waals surface area contributed by atoms with Gasteiger partial charge in [-0.25, -0.2) is 9.78 Å². The number of carbonyl (C=O) groups excluding carboxylic acids is 1. The van der Waals surface area contributed by atoms with E-state index in [0.717, 1.165) is 11.0 Å². The van der Waals surface area contributed by atoms with Gasteiger partial charge in [0.15, 0.2) is 0 Å². The second kappa shape index (κ2) is 9.50. The molecule has 0 fully saturated rings. The number of methoxy groups -OCH3 is 1. The number of halogens is 4. The minimum absolute atomic E-state index is 0.0363. The van der Waals surface area contributed by atoms with Crippen LogP contribution in [0, 0.1) is 22.7 Å². The third-order valence-electron chi connectivity index (χ3n) is 3.28. The Morgan fingerprint density at radius 3 is 2.11 bits per heavy atom. The normalized spacial score (nSPS) is 9.68. The number of carbonyl (C=O) groups is 1.